The van der Waals surface area contributed by atoms with Crippen LogP contribution in [0.2, 0.25) is 0 Å². The molecule has 0 fully saturated rings. The third kappa shape index (κ3) is 3.40. The summed E-state index contributed by atoms with van der Waals surface area (Å²) in [4.78, 5) is 0. The summed E-state index contributed by atoms with van der Waals surface area (Å²) in [6, 6.07) is 14.2. The van der Waals surface area contributed by atoms with Gasteiger partial charge in [0.15, 0.2) is 11.6 Å². The Morgan fingerprint density at radius 1 is 1.19 bits per heavy atom. The van der Waals surface area contributed by atoms with E-state index in [-0.39, 0.29) is 19.0 Å². The van der Waals surface area contributed by atoms with Crippen LogP contribution < -0.4 is 10.1 Å². The second-order valence-corrected chi connectivity index (χ2v) is 5.08. The van der Waals surface area contributed by atoms with Crippen LogP contribution in [-0.2, 0) is 5.54 Å². The first-order valence-electron chi connectivity index (χ1n) is 6.85. The van der Waals surface area contributed by atoms with Gasteiger partial charge in [-0.2, -0.15) is 0 Å². The molecule has 2 rings (SSSR count). The molecule has 3 nitrogen and oxygen atoms in total. The predicted octanol–water partition coefficient (Wildman–Crippen LogP) is 2.62. The van der Waals surface area contributed by atoms with Gasteiger partial charge in [0, 0.05) is 0 Å². The molecule has 2 aromatic rings. The maximum absolute atomic E-state index is 13.7. The van der Waals surface area contributed by atoms with Crippen LogP contribution in [0, 0.1) is 12.7 Å². The van der Waals surface area contributed by atoms with Crippen molar-refractivity contribution in [1.82, 2.24) is 5.32 Å². The molecule has 21 heavy (non-hydrogen) atoms. The molecule has 0 aliphatic heterocycles. The van der Waals surface area contributed by atoms with E-state index in [9.17, 15) is 9.50 Å². The lowest BCUT2D eigenvalue weighted by Gasteiger charge is -2.32. The van der Waals surface area contributed by atoms with E-state index in [1.165, 1.54) is 6.07 Å². The largest absolute Gasteiger partial charge is 0.488 e. The Morgan fingerprint density at radius 2 is 1.90 bits per heavy atom. The highest BCUT2D eigenvalue weighted by Gasteiger charge is 2.31. The number of rotatable bonds is 6. The van der Waals surface area contributed by atoms with E-state index in [1.54, 1.807) is 19.2 Å². The van der Waals surface area contributed by atoms with Crippen LogP contribution in [0.25, 0.3) is 0 Å². The summed E-state index contributed by atoms with van der Waals surface area (Å²) >= 11 is 0. The molecule has 0 aliphatic rings. The minimum atomic E-state index is -0.766. The molecule has 1 atom stereocenters. The molecule has 4 heteroatoms. The van der Waals surface area contributed by atoms with Gasteiger partial charge in [-0.05, 0) is 37.2 Å². The van der Waals surface area contributed by atoms with Crippen molar-refractivity contribution in [3.63, 3.8) is 0 Å². The summed E-state index contributed by atoms with van der Waals surface area (Å²) < 4.78 is 19.4. The maximum Gasteiger partial charge on any atom is 0.165 e. The fourth-order valence-corrected chi connectivity index (χ4v) is 2.20. The number of halogens is 1. The van der Waals surface area contributed by atoms with Gasteiger partial charge in [-0.1, -0.05) is 36.4 Å². The Bertz CT molecular complexity index is 583. The zero-order valence-corrected chi connectivity index (χ0v) is 12.3. The summed E-state index contributed by atoms with van der Waals surface area (Å²) in [5.41, 5.74) is 1.05. The molecule has 112 valence electrons. The third-order valence-corrected chi connectivity index (χ3v) is 3.64. The predicted molar refractivity (Wildman–Crippen MR) is 80.9 cm³/mol. The summed E-state index contributed by atoms with van der Waals surface area (Å²) in [7, 11) is 1.75. The van der Waals surface area contributed by atoms with E-state index in [0.29, 0.717) is 0 Å². The molecule has 0 spiro atoms. The fourth-order valence-electron chi connectivity index (χ4n) is 2.20. The van der Waals surface area contributed by atoms with Gasteiger partial charge in [0.25, 0.3) is 0 Å². The Morgan fingerprint density at radius 3 is 2.52 bits per heavy atom. The molecule has 1 unspecified atom stereocenters. The minimum Gasteiger partial charge on any atom is -0.488 e. The van der Waals surface area contributed by atoms with Gasteiger partial charge >= 0.3 is 0 Å². The first kappa shape index (κ1) is 15.5. The van der Waals surface area contributed by atoms with E-state index >= 15 is 0 Å². The second-order valence-electron chi connectivity index (χ2n) is 5.08. The number of hydrogen-bond acceptors (Lipinski definition) is 3. The Hall–Kier alpha value is -1.91. The number of aliphatic hydroxyl groups is 1. The quantitative estimate of drug-likeness (QED) is 0.859. The number of aryl methyl sites for hydroxylation is 1. The molecule has 0 heterocycles. The maximum atomic E-state index is 13.7. The van der Waals surface area contributed by atoms with Crippen molar-refractivity contribution >= 4 is 0 Å². The number of aliphatic hydroxyl groups excluding tert-OH is 1. The minimum absolute atomic E-state index is 0.129. The number of nitrogens with one attached hydrogen (secondary N) is 1. The Kier molecular flexibility index (Phi) is 4.94. The van der Waals surface area contributed by atoms with Crippen molar-refractivity contribution in [2.24, 2.45) is 0 Å². The molecule has 2 N–H and O–H groups in total. The molecule has 0 saturated carbocycles. The van der Waals surface area contributed by atoms with Gasteiger partial charge in [0.05, 0.1) is 6.61 Å². The van der Waals surface area contributed by atoms with Gasteiger partial charge in [-0.15, -0.1) is 0 Å². The van der Waals surface area contributed by atoms with Crippen LogP contribution in [0.5, 0.6) is 5.75 Å². The Balaban J connectivity index is 2.23. The molecule has 0 bridgehead atoms. The molecular weight excluding hydrogens is 269 g/mol. The topological polar surface area (TPSA) is 41.5 Å². The van der Waals surface area contributed by atoms with E-state index in [2.05, 4.69) is 5.32 Å². The van der Waals surface area contributed by atoms with Crippen LogP contribution in [0.4, 0.5) is 4.39 Å². The smallest absolute Gasteiger partial charge is 0.165 e. The molecular formula is C17H20FNO2. The monoisotopic (exact) mass is 289 g/mol. The van der Waals surface area contributed by atoms with E-state index in [0.717, 1.165) is 11.1 Å². The SMILES string of the molecule is CNC(CO)(COc1cc(C)ccc1F)c1ccccc1. The number of ether oxygens (including phenoxy) is 1. The highest BCUT2D eigenvalue weighted by atomic mass is 19.1. The second kappa shape index (κ2) is 6.70. The molecule has 0 aliphatic carbocycles. The fraction of sp³-hybridized carbons (Fsp3) is 0.294. The van der Waals surface area contributed by atoms with Crippen LogP contribution in [0.1, 0.15) is 11.1 Å². The average molecular weight is 289 g/mol. The lowest BCUT2D eigenvalue weighted by molar-refractivity contribution is 0.105. The average Bonchev–Trinajstić information content (AvgIpc) is 2.53. The zero-order chi connectivity index (χ0) is 15.3. The summed E-state index contributed by atoms with van der Waals surface area (Å²) in [5, 5.41) is 12.9. The van der Waals surface area contributed by atoms with Crippen LogP contribution in [0.15, 0.2) is 48.5 Å². The highest BCUT2D eigenvalue weighted by molar-refractivity contribution is 5.30. The van der Waals surface area contributed by atoms with Crippen LogP contribution in [0.3, 0.4) is 0 Å². The van der Waals surface area contributed by atoms with E-state index < -0.39 is 11.4 Å². The van der Waals surface area contributed by atoms with Crippen LogP contribution >= 0.6 is 0 Å². The first-order valence-corrected chi connectivity index (χ1v) is 6.85. The van der Waals surface area contributed by atoms with Crippen molar-refractivity contribution < 1.29 is 14.2 Å². The first-order chi connectivity index (χ1) is 10.1. The van der Waals surface area contributed by atoms with Crippen molar-refractivity contribution in [1.29, 1.82) is 0 Å². The summed E-state index contributed by atoms with van der Waals surface area (Å²) in [5.74, 6) is -0.212. The third-order valence-electron chi connectivity index (χ3n) is 3.64. The van der Waals surface area contributed by atoms with Crippen LogP contribution in [-0.4, -0.2) is 25.4 Å². The van der Waals surface area contributed by atoms with E-state index in [4.69, 9.17) is 4.74 Å². The zero-order valence-electron chi connectivity index (χ0n) is 12.3. The Labute approximate surface area is 124 Å². The van der Waals surface area contributed by atoms with Gasteiger partial charge in [-0.3, -0.25) is 0 Å². The van der Waals surface area contributed by atoms with E-state index in [1.807, 2.05) is 37.3 Å². The molecule has 0 radical (unpaired) electrons. The molecule has 2 aromatic carbocycles. The van der Waals surface area contributed by atoms with Gasteiger partial charge in [-0.25, -0.2) is 4.39 Å². The normalized spacial score (nSPS) is 13.7. The number of likely N-dealkylation sites (N-methyl/N-ethyl adjacent to an activating group) is 1. The molecule has 0 aromatic heterocycles. The molecule has 0 saturated heterocycles. The number of benzene rings is 2. The van der Waals surface area contributed by atoms with Crippen molar-refractivity contribution in [3.8, 4) is 5.75 Å². The standard InChI is InChI=1S/C17H20FNO2/c1-13-8-9-15(18)16(10-13)21-12-17(11-20,19-2)14-6-4-3-5-7-14/h3-10,19-20H,11-12H2,1-2H3. The van der Waals surface area contributed by atoms with Crippen molar-refractivity contribution in [2.75, 3.05) is 20.3 Å². The molecule has 0 amide bonds. The lowest BCUT2D eigenvalue weighted by Crippen LogP contribution is -2.48. The van der Waals surface area contributed by atoms with Gasteiger partial charge in [0.2, 0.25) is 0 Å². The number of hydrogen-bond donors (Lipinski definition) is 2. The van der Waals surface area contributed by atoms with Crippen molar-refractivity contribution in [3.05, 3.63) is 65.5 Å². The van der Waals surface area contributed by atoms with Crippen molar-refractivity contribution in [2.45, 2.75) is 12.5 Å². The lowest BCUT2D eigenvalue weighted by atomic mass is 9.92. The van der Waals surface area contributed by atoms with Gasteiger partial charge < -0.3 is 15.2 Å². The summed E-state index contributed by atoms with van der Waals surface area (Å²) in [6.07, 6.45) is 0. The van der Waals surface area contributed by atoms with Gasteiger partial charge in [0.1, 0.15) is 12.1 Å². The highest BCUT2D eigenvalue weighted by Crippen LogP contribution is 2.24. The summed E-state index contributed by atoms with van der Waals surface area (Å²) in [6.45, 7) is 1.85.